The smallest absolute Gasteiger partial charge is 0.406 e. The molecule has 0 radical (unpaired) electrons. The number of imidazole rings is 1. The Morgan fingerprint density at radius 1 is 1.11 bits per heavy atom. The number of anilines is 1. The first kappa shape index (κ1) is 25.0. The maximum absolute atomic E-state index is 12.8. The molecule has 2 aromatic carbocycles. The number of ether oxygens (including phenoxy) is 2. The van der Waals surface area contributed by atoms with Crippen molar-refractivity contribution in [3.63, 3.8) is 0 Å². The van der Waals surface area contributed by atoms with Crippen LogP contribution in [0.2, 0.25) is 10.0 Å². The number of amides is 1. The number of piperidine rings is 1. The normalized spacial score (nSPS) is 19.1. The van der Waals surface area contributed by atoms with Gasteiger partial charge in [0.25, 0.3) is 0 Å². The third kappa shape index (κ3) is 5.35. The number of carbonyl (C=O) groups is 1. The number of hydrogen-bond acceptors (Lipinski definition) is 5. The van der Waals surface area contributed by atoms with Crippen LogP contribution >= 0.6 is 23.2 Å². The predicted molar refractivity (Wildman–Crippen MR) is 130 cm³/mol. The SMILES string of the molecule is O=C(N[C@@H]1CCOC1)C1CCN(c2nc3cc(Cl)c(Cl)cc3n2-c2cccc(OC(F)(F)F)c2)CC1. The Morgan fingerprint density at radius 3 is 2.56 bits per heavy atom. The standard InChI is InChI=1S/C24H23Cl2F3N4O3/c25-18-11-20-21(12-19(18)26)33(16-2-1-3-17(10-16)36-24(27,28)29)23(31-20)32-7-4-14(5-8-32)22(34)30-15-6-9-35-13-15/h1-3,10-12,14-15H,4-9,13H2,(H,30,34)/t15-/m1/s1. The van der Waals surface area contributed by atoms with E-state index in [1.807, 2.05) is 4.90 Å². The fourth-order valence-corrected chi connectivity index (χ4v) is 4.97. The minimum absolute atomic E-state index is 0.0224. The molecular formula is C24H23Cl2F3N4O3. The zero-order chi connectivity index (χ0) is 25.4. The summed E-state index contributed by atoms with van der Waals surface area (Å²) in [5, 5.41) is 3.68. The average molecular weight is 543 g/mol. The third-order valence-corrected chi connectivity index (χ3v) is 7.14. The molecule has 1 N–H and O–H groups in total. The fraction of sp³-hybridized carbons (Fsp3) is 0.417. The van der Waals surface area contributed by atoms with E-state index in [1.54, 1.807) is 22.8 Å². The van der Waals surface area contributed by atoms with E-state index in [2.05, 4.69) is 10.1 Å². The molecule has 2 aliphatic rings. The molecule has 1 atom stereocenters. The van der Waals surface area contributed by atoms with E-state index in [1.165, 1.54) is 18.2 Å². The topological polar surface area (TPSA) is 68.6 Å². The van der Waals surface area contributed by atoms with Gasteiger partial charge in [0.2, 0.25) is 11.9 Å². The van der Waals surface area contributed by atoms with Crippen LogP contribution in [-0.2, 0) is 9.53 Å². The van der Waals surface area contributed by atoms with E-state index in [0.29, 0.717) is 71.9 Å². The van der Waals surface area contributed by atoms with Gasteiger partial charge in [-0.05, 0) is 43.5 Å². The summed E-state index contributed by atoms with van der Waals surface area (Å²) in [5.74, 6) is 0.0657. The number of nitrogens with zero attached hydrogens (tertiary/aromatic N) is 3. The second kappa shape index (κ2) is 9.99. The average Bonchev–Trinajstić information content (AvgIpc) is 3.46. The van der Waals surface area contributed by atoms with Crippen LogP contribution in [0.25, 0.3) is 16.7 Å². The van der Waals surface area contributed by atoms with Gasteiger partial charge in [-0.3, -0.25) is 9.36 Å². The summed E-state index contributed by atoms with van der Waals surface area (Å²) in [6.45, 7) is 2.28. The van der Waals surface area contributed by atoms with Gasteiger partial charge in [0, 0.05) is 31.7 Å². The molecule has 3 aromatic rings. The molecule has 192 valence electrons. The summed E-state index contributed by atoms with van der Waals surface area (Å²) >= 11 is 12.5. The van der Waals surface area contributed by atoms with Crippen molar-refractivity contribution in [3.05, 3.63) is 46.4 Å². The molecule has 2 saturated heterocycles. The Kier molecular flexibility index (Phi) is 6.93. The van der Waals surface area contributed by atoms with Crippen LogP contribution in [0.15, 0.2) is 36.4 Å². The highest BCUT2D eigenvalue weighted by Crippen LogP contribution is 2.35. The molecule has 0 unspecified atom stereocenters. The predicted octanol–water partition coefficient (Wildman–Crippen LogP) is 5.35. The van der Waals surface area contributed by atoms with Crippen molar-refractivity contribution in [1.82, 2.24) is 14.9 Å². The molecule has 0 bridgehead atoms. The lowest BCUT2D eigenvalue weighted by molar-refractivity contribution is -0.274. The highest BCUT2D eigenvalue weighted by Gasteiger charge is 2.32. The lowest BCUT2D eigenvalue weighted by Crippen LogP contribution is -2.44. The third-order valence-electron chi connectivity index (χ3n) is 6.41. The number of benzene rings is 2. The van der Waals surface area contributed by atoms with Crippen molar-refractivity contribution in [3.8, 4) is 11.4 Å². The number of halogens is 5. The molecule has 0 aliphatic carbocycles. The van der Waals surface area contributed by atoms with Crippen LogP contribution in [0, 0.1) is 5.92 Å². The highest BCUT2D eigenvalue weighted by atomic mass is 35.5. The summed E-state index contributed by atoms with van der Waals surface area (Å²) in [7, 11) is 0. The van der Waals surface area contributed by atoms with Gasteiger partial charge in [-0.2, -0.15) is 0 Å². The molecule has 3 heterocycles. The van der Waals surface area contributed by atoms with Crippen LogP contribution < -0.4 is 15.0 Å². The van der Waals surface area contributed by atoms with Crippen LogP contribution in [-0.4, -0.2) is 54.2 Å². The number of hydrogen-bond donors (Lipinski definition) is 1. The minimum Gasteiger partial charge on any atom is -0.406 e. The van der Waals surface area contributed by atoms with Crippen molar-refractivity contribution in [1.29, 1.82) is 0 Å². The van der Waals surface area contributed by atoms with Crippen LogP contribution in [0.4, 0.5) is 19.1 Å². The molecule has 2 fully saturated rings. The number of nitrogens with one attached hydrogen (secondary N) is 1. The van der Waals surface area contributed by atoms with Gasteiger partial charge in [-0.25, -0.2) is 4.98 Å². The molecule has 1 amide bonds. The molecule has 12 heteroatoms. The van der Waals surface area contributed by atoms with E-state index < -0.39 is 6.36 Å². The maximum atomic E-state index is 12.8. The molecule has 0 spiro atoms. The van der Waals surface area contributed by atoms with E-state index in [0.717, 1.165) is 6.42 Å². The van der Waals surface area contributed by atoms with E-state index in [4.69, 9.17) is 32.9 Å². The van der Waals surface area contributed by atoms with Crippen LogP contribution in [0.5, 0.6) is 5.75 Å². The first-order valence-corrected chi connectivity index (χ1v) is 12.3. The first-order chi connectivity index (χ1) is 17.2. The first-order valence-electron chi connectivity index (χ1n) is 11.5. The fourth-order valence-electron chi connectivity index (χ4n) is 4.66. The monoisotopic (exact) mass is 542 g/mol. The van der Waals surface area contributed by atoms with Gasteiger partial charge in [-0.15, -0.1) is 13.2 Å². The molecule has 5 rings (SSSR count). The molecule has 2 aliphatic heterocycles. The summed E-state index contributed by atoms with van der Waals surface area (Å²) in [6, 6.07) is 8.99. The van der Waals surface area contributed by atoms with Crippen molar-refractivity contribution < 1.29 is 27.4 Å². The zero-order valence-corrected chi connectivity index (χ0v) is 20.5. The van der Waals surface area contributed by atoms with Gasteiger partial charge in [0.1, 0.15) is 5.75 Å². The minimum atomic E-state index is -4.82. The van der Waals surface area contributed by atoms with Gasteiger partial charge in [0.05, 0.1) is 39.4 Å². The zero-order valence-electron chi connectivity index (χ0n) is 19.0. The van der Waals surface area contributed by atoms with Crippen LogP contribution in [0.1, 0.15) is 19.3 Å². The van der Waals surface area contributed by atoms with E-state index >= 15 is 0 Å². The molecule has 36 heavy (non-hydrogen) atoms. The molecule has 1 aromatic heterocycles. The number of carbonyl (C=O) groups excluding carboxylic acids is 1. The van der Waals surface area contributed by atoms with Crippen molar-refractivity contribution >= 4 is 46.1 Å². The van der Waals surface area contributed by atoms with Gasteiger partial charge in [-0.1, -0.05) is 29.3 Å². The van der Waals surface area contributed by atoms with Gasteiger partial charge in [0.15, 0.2) is 0 Å². The second-order valence-corrected chi connectivity index (χ2v) is 9.69. The Hall–Kier alpha value is -2.69. The second-order valence-electron chi connectivity index (χ2n) is 8.88. The largest absolute Gasteiger partial charge is 0.573 e. The number of aromatic nitrogens is 2. The Bertz CT molecular complexity index is 1270. The number of fused-ring (bicyclic) bond motifs is 1. The maximum Gasteiger partial charge on any atom is 0.573 e. The Morgan fingerprint density at radius 2 is 1.86 bits per heavy atom. The number of rotatable bonds is 5. The summed E-state index contributed by atoms with van der Waals surface area (Å²) < 4.78 is 49.7. The summed E-state index contributed by atoms with van der Waals surface area (Å²) in [6.07, 6.45) is -2.78. The van der Waals surface area contributed by atoms with Crippen LogP contribution in [0.3, 0.4) is 0 Å². The van der Waals surface area contributed by atoms with Gasteiger partial charge < -0.3 is 19.7 Å². The van der Waals surface area contributed by atoms with Gasteiger partial charge >= 0.3 is 6.36 Å². The van der Waals surface area contributed by atoms with Crippen molar-refractivity contribution in [2.75, 3.05) is 31.2 Å². The van der Waals surface area contributed by atoms with E-state index in [9.17, 15) is 18.0 Å². The molecular weight excluding hydrogens is 520 g/mol. The molecule has 0 saturated carbocycles. The summed E-state index contributed by atoms with van der Waals surface area (Å²) in [5.41, 5.74) is 1.56. The molecule has 7 nitrogen and oxygen atoms in total. The summed E-state index contributed by atoms with van der Waals surface area (Å²) in [4.78, 5) is 19.5. The lowest BCUT2D eigenvalue weighted by Gasteiger charge is -2.32. The van der Waals surface area contributed by atoms with Crippen molar-refractivity contribution in [2.45, 2.75) is 31.7 Å². The quantitative estimate of drug-likeness (QED) is 0.470. The lowest BCUT2D eigenvalue weighted by atomic mass is 9.95. The Balaban J connectivity index is 1.44. The number of alkyl halides is 3. The Labute approximate surface area is 215 Å². The van der Waals surface area contributed by atoms with E-state index in [-0.39, 0.29) is 23.6 Å². The van der Waals surface area contributed by atoms with Crippen molar-refractivity contribution in [2.24, 2.45) is 5.92 Å². The highest BCUT2D eigenvalue weighted by molar-refractivity contribution is 6.42.